The van der Waals surface area contributed by atoms with E-state index < -0.39 is 47.4 Å². The molecule has 2 fully saturated rings. The number of piperazine rings is 1. The molecule has 0 spiro atoms. The summed E-state index contributed by atoms with van der Waals surface area (Å²) in [6, 6.07) is 13.8. The Morgan fingerprint density at radius 1 is 1.03 bits per heavy atom. The molecule has 18 heteroatoms. The predicted molar refractivity (Wildman–Crippen MR) is 209 cm³/mol. The summed E-state index contributed by atoms with van der Waals surface area (Å²) in [5.41, 5.74) is -2.57. The molecule has 4 N–H and O–H groups in total. The highest BCUT2D eigenvalue weighted by Crippen LogP contribution is 2.34. The summed E-state index contributed by atoms with van der Waals surface area (Å²) in [4.78, 5) is 72.2. The van der Waals surface area contributed by atoms with Gasteiger partial charge < -0.3 is 30.3 Å². The Balaban J connectivity index is 0.957. The molecule has 2 aromatic carbocycles. The minimum atomic E-state index is -4.81. The van der Waals surface area contributed by atoms with Crippen LogP contribution in [0.1, 0.15) is 61.3 Å². The van der Waals surface area contributed by atoms with Crippen molar-refractivity contribution in [3.05, 3.63) is 83.0 Å². The van der Waals surface area contributed by atoms with Gasteiger partial charge in [0.25, 0.3) is 5.91 Å². The van der Waals surface area contributed by atoms with Crippen LogP contribution in [-0.2, 0) is 43.1 Å². The van der Waals surface area contributed by atoms with E-state index in [2.05, 4.69) is 30.7 Å². The highest BCUT2D eigenvalue weighted by atomic mass is 19.4. The lowest BCUT2D eigenvalue weighted by molar-refractivity contribution is -0.144. The lowest BCUT2D eigenvalue weighted by Crippen LogP contribution is -2.53. The number of benzene rings is 2. The quantitative estimate of drug-likeness (QED) is 0.122. The molecule has 2 atom stereocenters. The van der Waals surface area contributed by atoms with E-state index in [1.807, 2.05) is 6.07 Å². The molecule has 5 amide bonds. The molecule has 0 radical (unpaired) electrons. The Morgan fingerprint density at radius 2 is 1.76 bits per heavy atom. The van der Waals surface area contributed by atoms with Crippen LogP contribution in [0, 0.1) is 11.3 Å². The first-order chi connectivity index (χ1) is 28.0. The first-order valence-corrected chi connectivity index (χ1v) is 19.2. The van der Waals surface area contributed by atoms with Gasteiger partial charge in [-0.3, -0.25) is 34.2 Å². The van der Waals surface area contributed by atoms with Gasteiger partial charge in [-0.05, 0) is 86.3 Å². The van der Waals surface area contributed by atoms with Gasteiger partial charge in [0.1, 0.15) is 24.2 Å². The number of nitrogens with zero attached hydrogens (tertiary/aromatic N) is 5. The number of amides is 5. The highest BCUT2D eigenvalue weighted by molar-refractivity contribution is 6.01. The number of piperidine rings is 1. The van der Waals surface area contributed by atoms with Gasteiger partial charge in [-0.2, -0.15) is 18.4 Å². The fourth-order valence-corrected chi connectivity index (χ4v) is 6.59. The third-order valence-corrected chi connectivity index (χ3v) is 10.2. The van der Waals surface area contributed by atoms with Crippen molar-refractivity contribution in [2.75, 3.05) is 56.6 Å². The van der Waals surface area contributed by atoms with E-state index in [-0.39, 0.29) is 42.8 Å². The third-order valence-electron chi connectivity index (χ3n) is 10.2. The topological polar surface area (TPSA) is 197 Å². The fraction of sp³-hybridized carbons (Fsp3) is 0.439. The number of anilines is 2. The monoisotopic (exact) mass is 820 g/mol. The summed E-state index contributed by atoms with van der Waals surface area (Å²) < 4.78 is 45.4. The summed E-state index contributed by atoms with van der Waals surface area (Å²) in [6.07, 6.45) is -0.584. The number of nitriles is 1. The number of nitrogens with one attached hydrogen (secondary N) is 3. The number of carbonyl (C=O) groups excluding carboxylic acids is 5. The molecule has 0 bridgehead atoms. The average Bonchev–Trinajstić information content (AvgIpc) is 3.21. The van der Waals surface area contributed by atoms with Gasteiger partial charge in [0, 0.05) is 64.5 Å². The number of rotatable bonds is 16. The third kappa shape index (κ3) is 12.5. The van der Waals surface area contributed by atoms with Gasteiger partial charge in [-0.1, -0.05) is 12.1 Å². The van der Waals surface area contributed by atoms with Crippen molar-refractivity contribution in [1.82, 2.24) is 25.4 Å². The molecule has 2 aliphatic heterocycles. The second kappa shape index (κ2) is 19.6. The molecule has 15 nitrogen and oxygen atoms in total. The summed E-state index contributed by atoms with van der Waals surface area (Å²) in [7, 11) is 1.58. The van der Waals surface area contributed by atoms with Crippen LogP contribution in [0.4, 0.5) is 24.7 Å². The van der Waals surface area contributed by atoms with Crippen molar-refractivity contribution in [2.45, 2.75) is 69.8 Å². The summed E-state index contributed by atoms with van der Waals surface area (Å²) >= 11 is 0. The minimum absolute atomic E-state index is 0.0884. The number of halogens is 3. The Hall–Kier alpha value is -6.06. The molecule has 2 saturated heterocycles. The molecule has 3 aromatic rings. The predicted octanol–water partition coefficient (Wildman–Crippen LogP) is 3.16. The molecular formula is C41H47F3N8O7. The number of carbonyl (C=O) groups is 5. The van der Waals surface area contributed by atoms with Gasteiger partial charge in [0.05, 0.1) is 23.6 Å². The first-order valence-electron chi connectivity index (χ1n) is 19.2. The van der Waals surface area contributed by atoms with E-state index >= 15 is 0 Å². The summed E-state index contributed by atoms with van der Waals surface area (Å²) in [5.74, 6) is -0.984. The molecule has 2 unspecified atom stereocenters. The number of hydrogen-bond donors (Lipinski definition) is 4. The molecule has 3 heterocycles. The number of hydrogen-bond acceptors (Lipinski definition) is 11. The maximum atomic E-state index is 13.3. The molecule has 1 aromatic heterocycles. The lowest BCUT2D eigenvalue weighted by atomic mass is 10.0. The zero-order valence-corrected chi connectivity index (χ0v) is 32.8. The van der Waals surface area contributed by atoms with E-state index in [9.17, 15) is 42.3 Å². The number of pyridine rings is 1. The van der Waals surface area contributed by atoms with Crippen LogP contribution in [-0.4, -0.2) is 107 Å². The number of likely N-dealkylation sites (N-methyl/N-ethyl adjacent to an activating group) is 1. The number of aliphatic hydroxyl groups is 1. The maximum absolute atomic E-state index is 13.3. The lowest BCUT2D eigenvalue weighted by Gasteiger charge is -2.35. The van der Waals surface area contributed by atoms with Crippen molar-refractivity contribution in [3.8, 4) is 11.8 Å². The van der Waals surface area contributed by atoms with Crippen molar-refractivity contribution in [2.24, 2.45) is 0 Å². The number of alkyl halides is 3. The zero-order chi connectivity index (χ0) is 42.7. The van der Waals surface area contributed by atoms with Crippen LogP contribution in [0.25, 0.3) is 0 Å². The van der Waals surface area contributed by atoms with Crippen molar-refractivity contribution in [1.29, 1.82) is 5.26 Å². The fourth-order valence-electron chi connectivity index (χ4n) is 6.59. The maximum Gasteiger partial charge on any atom is 0.417 e. The van der Waals surface area contributed by atoms with Crippen LogP contribution >= 0.6 is 0 Å². The number of aromatic nitrogens is 1. The van der Waals surface area contributed by atoms with Crippen LogP contribution < -0.4 is 25.6 Å². The molecule has 314 valence electrons. The standard InChI is InChI=1S/C41H47F3N8O7/c1-40(58,39(57)48-30-9-8-29(24-45)32(23-30)41(42,43)44)26-59-31-10-6-27(7-11-31)25-47-35(53)5-3-4-16-51-17-19-52(20-18-51)34-21-28(14-15-46-34)22-37(55)50(2)33-12-13-36(54)49-38(33)56/h6-11,14-15,21,23,33,58H,3-5,12-13,16-20,22,25-26H2,1-2H3,(H,47,53)(H,48,57)(H,49,54,56). The molecule has 0 saturated carbocycles. The first kappa shape index (κ1) is 44.1. The molecule has 2 aliphatic rings. The van der Waals surface area contributed by atoms with Gasteiger partial charge in [0.15, 0.2) is 5.60 Å². The normalized spacial score (nSPS) is 17.0. The van der Waals surface area contributed by atoms with Crippen molar-refractivity contribution in [3.63, 3.8) is 0 Å². The number of imide groups is 1. The van der Waals surface area contributed by atoms with Crippen molar-refractivity contribution >= 4 is 41.0 Å². The van der Waals surface area contributed by atoms with E-state index in [0.717, 1.165) is 75.1 Å². The Bertz CT molecular complexity index is 2050. The van der Waals surface area contributed by atoms with Gasteiger partial charge in [-0.25, -0.2) is 4.98 Å². The van der Waals surface area contributed by atoms with Crippen LogP contribution in [0.5, 0.6) is 5.75 Å². The smallest absolute Gasteiger partial charge is 0.417 e. The van der Waals surface area contributed by atoms with Gasteiger partial charge in [0.2, 0.25) is 23.6 Å². The minimum Gasteiger partial charge on any atom is -0.490 e. The van der Waals surface area contributed by atoms with Crippen molar-refractivity contribution < 1.29 is 47.0 Å². The van der Waals surface area contributed by atoms with Crippen LogP contribution in [0.15, 0.2) is 60.8 Å². The van der Waals surface area contributed by atoms with Gasteiger partial charge in [-0.15, -0.1) is 0 Å². The van der Waals surface area contributed by atoms with Gasteiger partial charge >= 0.3 is 6.18 Å². The Kier molecular flexibility index (Phi) is 14.6. The molecular weight excluding hydrogens is 773 g/mol. The molecule has 59 heavy (non-hydrogen) atoms. The highest BCUT2D eigenvalue weighted by Gasteiger charge is 2.36. The Morgan fingerprint density at radius 3 is 2.44 bits per heavy atom. The summed E-state index contributed by atoms with van der Waals surface area (Å²) in [5, 5.41) is 27.0. The molecule has 5 rings (SSSR count). The zero-order valence-electron chi connectivity index (χ0n) is 32.8. The second-order valence-corrected chi connectivity index (χ2v) is 14.8. The summed E-state index contributed by atoms with van der Waals surface area (Å²) in [6.45, 7) is 4.95. The average molecular weight is 821 g/mol. The van der Waals surface area contributed by atoms with E-state index in [4.69, 9.17) is 10.00 Å². The van der Waals surface area contributed by atoms with Crippen LogP contribution in [0.2, 0.25) is 0 Å². The second-order valence-electron chi connectivity index (χ2n) is 14.8. The Labute approximate surface area is 339 Å². The largest absolute Gasteiger partial charge is 0.490 e. The van der Waals surface area contributed by atoms with E-state index in [0.29, 0.717) is 31.1 Å². The number of unbranched alkanes of at least 4 members (excludes halogenated alkanes) is 1. The number of ether oxygens (including phenoxy) is 1. The van der Waals surface area contributed by atoms with E-state index in [1.54, 1.807) is 43.6 Å². The van der Waals surface area contributed by atoms with E-state index in [1.165, 1.54) is 11.0 Å². The van der Waals surface area contributed by atoms with Crippen LogP contribution in [0.3, 0.4) is 0 Å². The SMILES string of the molecule is CN(C(=O)Cc1ccnc(N2CCN(CCCCC(=O)NCc3ccc(OCC(C)(O)C(=O)Nc4ccc(C#N)c(C(F)(F)F)c4)cc3)CC2)c1)C1CCC(=O)NC1=O. The molecule has 0 aliphatic carbocycles.